The van der Waals surface area contributed by atoms with E-state index in [2.05, 4.69) is 12.2 Å². The molecule has 1 aromatic rings. The van der Waals surface area contributed by atoms with E-state index in [0.29, 0.717) is 17.5 Å². The predicted molar refractivity (Wildman–Crippen MR) is 68.0 cm³/mol. The molecule has 18 heavy (non-hydrogen) atoms. The van der Waals surface area contributed by atoms with Crippen LogP contribution >= 0.6 is 0 Å². The second-order valence-electron chi connectivity index (χ2n) is 5.00. The highest BCUT2D eigenvalue weighted by Crippen LogP contribution is 2.31. The maximum Gasteiger partial charge on any atom is 0.274 e. The lowest BCUT2D eigenvalue weighted by Gasteiger charge is -2.16. The highest BCUT2D eigenvalue weighted by molar-refractivity contribution is 5.51. The lowest BCUT2D eigenvalue weighted by Crippen LogP contribution is -2.16. The zero-order valence-electron chi connectivity index (χ0n) is 10.4. The highest BCUT2D eigenvalue weighted by atomic mass is 19.1. The molecule has 2 rings (SSSR count). The summed E-state index contributed by atoms with van der Waals surface area (Å²) in [4.78, 5) is 10.1. The molecule has 0 aromatic heterocycles. The number of hydrogen-bond donors (Lipinski definition) is 1. The number of hydrogen-bond acceptors (Lipinski definition) is 3. The van der Waals surface area contributed by atoms with Crippen LogP contribution in [0.25, 0.3) is 0 Å². The molecule has 98 valence electrons. The van der Waals surface area contributed by atoms with Crippen molar-refractivity contribution in [1.29, 1.82) is 0 Å². The first-order valence-electron chi connectivity index (χ1n) is 6.25. The second-order valence-corrected chi connectivity index (χ2v) is 5.00. The summed E-state index contributed by atoms with van der Waals surface area (Å²) in [7, 11) is 0. The average molecular weight is 252 g/mol. The molecule has 0 aliphatic heterocycles. The third-order valence-electron chi connectivity index (χ3n) is 3.70. The molecule has 0 spiro atoms. The van der Waals surface area contributed by atoms with Gasteiger partial charge in [0.15, 0.2) is 0 Å². The molecular formula is C13H17FN2O2. The molecule has 0 saturated heterocycles. The van der Waals surface area contributed by atoms with Crippen LogP contribution in [0.1, 0.15) is 26.2 Å². The molecule has 2 atom stereocenters. The van der Waals surface area contributed by atoms with Crippen molar-refractivity contribution in [2.45, 2.75) is 26.2 Å². The van der Waals surface area contributed by atoms with Crippen LogP contribution in [0, 0.1) is 27.8 Å². The monoisotopic (exact) mass is 252 g/mol. The average Bonchev–Trinajstić information content (AvgIpc) is 2.71. The van der Waals surface area contributed by atoms with E-state index in [-0.39, 0.29) is 5.69 Å². The summed E-state index contributed by atoms with van der Waals surface area (Å²) in [6.07, 6.45) is 3.64. The van der Waals surface area contributed by atoms with E-state index in [0.717, 1.165) is 12.6 Å². The number of anilines is 1. The molecule has 1 N–H and O–H groups in total. The first kappa shape index (κ1) is 12.8. The van der Waals surface area contributed by atoms with Crippen molar-refractivity contribution >= 4 is 11.4 Å². The van der Waals surface area contributed by atoms with Crippen LogP contribution in [0.3, 0.4) is 0 Å². The standard InChI is InChI=1S/C13H17FN2O2/c1-9-3-2-4-10(9)8-15-12-5-11(14)6-13(7-12)16(17)18/h5-7,9-10,15H,2-4,8H2,1H3. The van der Waals surface area contributed by atoms with E-state index >= 15 is 0 Å². The van der Waals surface area contributed by atoms with Gasteiger partial charge in [0.25, 0.3) is 5.69 Å². The number of nitro groups is 1. The van der Waals surface area contributed by atoms with Gasteiger partial charge in [-0.1, -0.05) is 19.8 Å². The van der Waals surface area contributed by atoms with Crippen molar-refractivity contribution in [2.24, 2.45) is 11.8 Å². The van der Waals surface area contributed by atoms with E-state index in [1.807, 2.05) is 0 Å². The van der Waals surface area contributed by atoms with Gasteiger partial charge >= 0.3 is 0 Å². The Balaban J connectivity index is 2.02. The molecule has 0 amide bonds. The van der Waals surface area contributed by atoms with Crippen molar-refractivity contribution in [1.82, 2.24) is 0 Å². The third-order valence-corrected chi connectivity index (χ3v) is 3.70. The molecule has 1 saturated carbocycles. The lowest BCUT2D eigenvalue weighted by atomic mass is 9.98. The van der Waals surface area contributed by atoms with E-state index in [1.54, 1.807) is 0 Å². The van der Waals surface area contributed by atoms with Crippen molar-refractivity contribution in [3.8, 4) is 0 Å². The molecule has 1 aliphatic rings. The molecule has 1 aliphatic carbocycles. The Morgan fingerprint density at radius 2 is 2.22 bits per heavy atom. The van der Waals surface area contributed by atoms with Gasteiger partial charge in [0, 0.05) is 18.3 Å². The summed E-state index contributed by atoms with van der Waals surface area (Å²) in [5.41, 5.74) is 0.276. The Morgan fingerprint density at radius 1 is 1.44 bits per heavy atom. The topological polar surface area (TPSA) is 55.2 Å². The Hall–Kier alpha value is -1.65. The largest absolute Gasteiger partial charge is 0.384 e. The SMILES string of the molecule is CC1CCCC1CNc1cc(F)cc([N+](=O)[O-])c1. The molecule has 0 bridgehead atoms. The van der Waals surface area contributed by atoms with Crippen LogP contribution in [0.4, 0.5) is 15.8 Å². The van der Waals surface area contributed by atoms with E-state index in [4.69, 9.17) is 0 Å². The van der Waals surface area contributed by atoms with Gasteiger partial charge in [-0.05, 0) is 24.3 Å². The fraction of sp³-hybridized carbons (Fsp3) is 0.538. The van der Waals surface area contributed by atoms with Gasteiger partial charge < -0.3 is 5.32 Å². The molecule has 1 aromatic carbocycles. The zero-order chi connectivity index (χ0) is 13.1. The first-order valence-corrected chi connectivity index (χ1v) is 6.25. The molecule has 0 heterocycles. The van der Waals surface area contributed by atoms with E-state index in [9.17, 15) is 14.5 Å². The van der Waals surface area contributed by atoms with Gasteiger partial charge in [-0.2, -0.15) is 0 Å². The third kappa shape index (κ3) is 2.97. The van der Waals surface area contributed by atoms with Gasteiger partial charge in [-0.25, -0.2) is 4.39 Å². The van der Waals surface area contributed by atoms with Gasteiger partial charge in [-0.15, -0.1) is 0 Å². The zero-order valence-corrected chi connectivity index (χ0v) is 10.4. The quantitative estimate of drug-likeness (QED) is 0.658. The van der Waals surface area contributed by atoms with Gasteiger partial charge in [0.2, 0.25) is 0 Å². The lowest BCUT2D eigenvalue weighted by molar-refractivity contribution is -0.385. The van der Waals surface area contributed by atoms with Crippen molar-refractivity contribution in [3.05, 3.63) is 34.1 Å². The van der Waals surface area contributed by atoms with Crippen LogP contribution in [-0.2, 0) is 0 Å². The summed E-state index contributed by atoms with van der Waals surface area (Å²) in [6.45, 7) is 2.97. The van der Waals surface area contributed by atoms with E-state index in [1.165, 1.54) is 31.4 Å². The number of halogens is 1. The molecule has 1 fully saturated rings. The summed E-state index contributed by atoms with van der Waals surface area (Å²) in [5.74, 6) is 0.666. The van der Waals surface area contributed by atoms with Crippen LogP contribution in [-0.4, -0.2) is 11.5 Å². The fourth-order valence-electron chi connectivity index (χ4n) is 2.56. The van der Waals surface area contributed by atoms with Crippen LogP contribution in [0.15, 0.2) is 18.2 Å². The van der Waals surface area contributed by atoms with Crippen molar-refractivity contribution < 1.29 is 9.31 Å². The number of rotatable bonds is 4. The minimum atomic E-state index is -0.578. The molecular weight excluding hydrogens is 235 g/mol. The number of nitro benzene ring substituents is 1. The Morgan fingerprint density at radius 3 is 2.83 bits per heavy atom. The minimum Gasteiger partial charge on any atom is -0.384 e. The number of nitrogens with one attached hydrogen (secondary N) is 1. The normalized spacial score (nSPS) is 23.0. The van der Waals surface area contributed by atoms with Gasteiger partial charge in [-0.3, -0.25) is 10.1 Å². The van der Waals surface area contributed by atoms with Gasteiger partial charge in [0.05, 0.1) is 11.0 Å². The Labute approximate surface area is 105 Å². The molecule has 0 radical (unpaired) electrons. The van der Waals surface area contributed by atoms with Gasteiger partial charge in [0.1, 0.15) is 5.82 Å². The van der Waals surface area contributed by atoms with Crippen molar-refractivity contribution in [2.75, 3.05) is 11.9 Å². The minimum absolute atomic E-state index is 0.211. The summed E-state index contributed by atoms with van der Waals surface area (Å²) in [6, 6.07) is 3.61. The maximum absolute atomic E-state index is 13.2. The summed E-state index contributed by atoms with van der Waals surface area (Å²) < 4.78 is 13.2. The Kier molecular flexibility index (Phi) is 3.79. The summed E-state index contributed by atoms with van der Waals surface area (Å²) >= 11 is 0. The molecule has 2 unspecified atom stereocenters. The van der Waals surface area contributed by atoms with Crippen molar-refractivity contribution in [3.63, 3.8) is 0 Å². The van der Waals surface area contributed by atoms with Crippen LogP contribution in [0.2, 0.25) is 0 Å². The second kappa shape index (κ2) is 5.33. The summed E-state index contributed by atoms with van der Waals surface area (Å²) in [5, 5.41) is 13.7. The van der Waals surface area contributed by atoms with Crippen LogP contribution in [0.5, 0.6) is 0 Å². The number of non-ortho nitro benzene ring substituents is 1. The fourth-order valence-corrected chi connectivity index (χ4v) is 2.56. The van der Waals surface area contributed by atoms with E-state index < -0.39 is 10.7 Å². The maximum atomic E-state index is 13.2. The molecule has 4 nitrogen and oxygen atoms in total. The smallest absolute Gasteiger partial charge is 0.274 e. The Bertz CT molecular complexity index is 451. The highest BCUT2D eigenvalue weighted by Gasteiger charge is 2.23. The predicted octanol–water partition coefficient (Wildman–Crippen LogP) is 3.58. The molecule has 5 heteroatoms. The number of nitrogens with zero attached hydrogens (tertiary/aromatic N) is 1. The van der Waals surface area contributed by atoms with Crippen LogP contribution < -0.4 is 5.32 Å². The first-order chi connectivity index (χ1) is 8.56. The number of benzene rings is 1.